The highest BCUT2D eigenvalue weighted by Crippen LogP contribution is 2.22. The summed E-state index contributed by atoms with van der Waals surface area (Å²) < 4.78 is 1.56. The molecule has 0 fully saturated rings. The molecule has 0 saturated carbocycles. The molecule has 0 amide bonds. The summed E-state index contributed by atoms with van der Waals surface area (Å²) in [6, 6.07) is 3.63. The van der Waals surface area contributed by atoms with Gasteiger partial charge in [0.1, 0.15) is 4.83 Å². The largest absolute Gasteiger partial charge is 0.362 e. The zero-order chi connectivity index (χ0) is 17.3. The topological polar surface area (TPSA) is 67.8 Å². The summed E-state index contributed by atoms with van der Waals surface area (Å²) in [5, 5.41) is 3.01. The Balaban J connectivity index is 1.90. The van der Waals surface area contributed by atoms with E-state index in [1.807, 2.05) is 25.3 Å². The number of thioether (sulfide) groups is 1. The number of hydrogen-bond donors (Lipinski definition) is 1. The summed E-state index contributed by atoms with van der Waals surface area (Å²) in [7, 11) is 0. The van der Waals surface area contributed by atoms with Gasteiger partial charge in [-0.2, -0.15) is 0 Å². The highest BCUT2D eigenvalue weighted by atomic mass is 32.2. The van der Waals surface area contributed by atoms with E-state index in [2.05, 4.69) is 16.5 Å². The number of hydrogen-bond acceptors (Lipinski definition) is 5. The first-order chi connectivity index (χ1) is 11.5. The molecule has 0 aliphatic carbocycles. The fourth-order valence-corrected chi connectivity index (χ4v) is 4.25. The molecular weight excluding hydrogens is 342 g/mol. The monoisotopic (exact) mass is 359 g/mol. The predicted octanol–water partition coefficient (Wildman–Crippen LogP) is 3.56. The quantitative estimate of drug-likeness (QED) is 0.316. The van der Waals surface area contributed by atoms with Crippen molar-refractivity contribution < 1.29 is 4.79 Å². The predicted molar refractivity (Wildman–Crippen MR) is 99.4 cm³/mol. The van der Waals surface area contributed by atoms with Crippen LogP contribution in [0.4, 0.5) is 0 Å². The second-order valence-electron chi connectivity index (χ2n) is 5.44. The molecule has 0 saturated heterocycles. The molecule has 0 radical (unpaired) electrons. The van der Waals surface area contributed by atoms with E-state index in [4.69, 9.17) is 0 Å². The standard InChI is InChI=1S/C17H17N3O2S2/c1-4-6-20-16(22)12-5-7-23-15(12)19-17(20)24-9-14(21)13-8-10(2)18-11(13)3/h4-5,7-8,18H,1,6,9H2,2-3H3. The van der Waals surface area contributed by atoms with Crippen LogP contribution in [0, 0.1) is 13.8 Å². The van der Waals surface area contributed by atoms with Gasteiger partial charge in [-0.1, -0.05) is 17.8 Å². The van der Waals surface area contributed by atoms with Crippen molar-refractivity contribution in [2.75, 3.05) is 5.75 Å². The van der Waals surface area contributed by atoms with Crippen LogP contribution in [0.25, 0.3) is 10.2 Å². The third-order valence-electron chi connectivity index (χ3n) is 3.64. The van der Waals surface area contributed by atoms with Gasteiger partial charge in [-0.05, 0) is 31.4 Å². The number of H-pyrrole nitrogens is 1. The molecule has 3 rings (SSSR count). The SMILES string of the molecule is C=CCn1c(SCC(=O)c2cc(C)[nH]c2C)nc2sccc2c1=O. The van der Waals surface area contributed by atoms with Crippen molar-refractivity contribution in [3.63, 3.8) is 0 Å². The lowest BCUT2D eigenvalue weighted by molar-refractivity contribution is 0.102. The maximum atomic E-state index is 12.6. The summed E-state index contributed by atoms with van der Waals surface area (Å²) in [4.78, 5) is 33.4. The van der Waals surface area contributed by atoms with Crippen molar-refractivity contribution in [1.82, 2.24) is 14.5 Å². The maximum absolute atomic E-state index is 12.6. The van der Waals surface area contributed by atoms with E-state index in [9.17, 15) is 9.59 Å². The van der Waals surface area contributed by atoms with Crippen molar-refractivity contribution in [3.8, 4) is 0 Å². The minimum Gasteiger partial charge on any atom is -0.362 e. The molecule has 124 valence electrons. The van der Waals surface area contributed by atoms with Crippen LogP contribution in [0.5, 0.6) is 0 Å². The minimum atomic E-state index is -0.0928. The third-order valence-corrected chi connectivity index (χ3v) is 5.43. The number of aromatic amines is 1. The molecule has 0 atom stereocenters. The lowest BCUT2D eigenvalue weighted by Crippen LogP contribution is -2.22. The summed E-state index contributed by atoms with van der Waals surface area (Å²) >= 11 is 2.71. The fourth-order valence-electron chi connectivity index (χ4n) is 2.55. The van der Waals surface area contributed by atoms with Crippen LogP contribution in [0.2, 0.25) is 0 Å². The van der Waals surface area contributed by atoms with Crippen LogP contribution in [-0.2, 0) is 6.54 Å². The molecule has 0 unspecified atom stereocenters. The van der Waals surface area contributed by atoms with Gasteiger partial charge in [-0.3, -0.25) is 14.2 Å². The zero-order valence-electron chi connectivity index (χ0n) is 13.5. The molecule has 3 aromatic rings. The number of aryl methyl sites for hydroxylation is 2. The van der Waals surface area contributed by atoms with Gasteiger partial charge in [0.05, 0.1) is 11.1 Å². The summed E-state index contributed by atoms with van der Waals surface area (Å²) in [5.41, 5.74) is 2.42. The summed E-state index contributed by atoms with van der Waals surface area (Å²) in [5.74, 6) is 0.256. The number of Topliss-reactive ketones (excluding diaryl/α,β-unsaturated/α-hetero) is 1. The van der Waals surface area contributed by atoms with Crippen molar-refractivity contribution in [2.24, 2.45) is 0 Å². The van der Waals surface area contributed by atoms with Crippen LogP contribution in [-0.4, -0.2) is 26.1 Å². The van der Waals surface area contributed by atoms with Gasteiger partial charge in [0.15, 0.2) is 10.9 Å². The molecular formula is C17H17N3O2S2. The van der Waals surface area contributed by atoms with E-state index in [-0.39, 0.29) is 17.1 Å². The molecule has 0 spiro atoms. The Bertz CT molecular complexity index is 982. The Kier molecular flexibility index (Phi) is 4.73. The Morgan fingerprint density at radius 3 is 2.96 bits per heavy atom. The highest BCUT2D eigenvalue weighted by molar-refractivity contribution is 7.99. The van der Waals surface area contributed by atoms with Gasteiger partial charge in [-0.25, -0.2) is 4.98 Å². The van der Waals surface area contributed by atoms with Gasteiger partial charge >= 0.3 is 0 Å². The molecule has 0 bridgehead atoms. The third kappa shape index (κ3) is 3.09. The van der Waals surface area contributed by atoms with Gasteiger partial charge in [0, 0.05) is 23.5 Å². The number of rotatable bonds is 6. The number of aromatic nitrogens is 3. The number of carbonyl (C=O) groups is 1. The first kappa shape index (κ1) is 16.7. The number of allylic oxidation sites excluding steroid dienone is 1. The van der Waals surface area contributed by atoms with Crippen molar-refractivity contribution in [3.05, 3.63) is 57.5 Å². The zero-order valence-corrected chi connectivity index (χ0v) is 15.1. The van der Waals surface area contributed by atoms with Crippen LogP contribution >= 0.6 is 23.1 Å². The van der Waals surface area contributed by atoms with Crippen LogP contribution in [0.3, 0.4) is 0 Å². The molecule has 0 aromatic carbocycles. The van der Waals surface area contributed by atoms with Crippen molar-refractivity contribution >= 4 is 39.1 Å². The number of nitrogens with zero attached hydrogens (tertiary/aromatic N) is 2. The lowest BCUT2D eigenvalue weighted by Gasteiger charge is -2.09. The molecule has 7 heteroatoms. The van der Waals surface area contributed by atoms with Gasteiger partial charge in [0.25, 0.3) is 5.56 Å². The average Bonchev–Trinajstić information content (AvgIpc) is 3.14. The molecule has 0 aliphatic heterocycles. The summed E-state index contributed by atoms with van der Waals surface area (Å²) in [6.07, 6.45) is 1.66. The van der Waals surface area contributed by atoms with Crippen LogP contribution in [0.1, 0.15) is 21.7 Å². The molecule has 1 N–H and O–H groups in total. The van der Waals surface area contributed by atoms with Gasteiger partial charge < -0.3 is 4.98 Å². The second-order valence-corrected chi connectivity index (χ2v) is 7.28. The molecule has 3 aromatic heterocycles. The molecule has 0 aliphatic rings. The molecule has 3 heterocycles. The van der Waals surface area contributed by atoms with Crippen LogP contribution in [0.15, 0.2) is 40.1 Å². The number of nitrogens with one attached hydrogen (secondary N) is 1. The Hall–Kier alpha value is -2.12. The van der Waals surface area contributed by atoms with E-state index in [1.165, 1.54) is 23.1 Å². The van der Waals surface area contributed by atoms with Gasteiger partial charge in [-0.15, -0.1) is 17.9 Å². The van der Waals surface area contributed by atoms with Crippen molar-refractivity contribution in [2.45, 2.75) is 25.5 Å². The first-order valence-electron chi connectivity index (χ1n) is 7.42. The Morgan fingerprint density at radius 1 is 1.50 bits per heavy atom. The number of thiophene rings is 1. The second kappa shape index (κ2) is 6.78. The lowest BCUT2D eigenvalue weighted by atomic mass is 10.2. The number of ketones is 1. The van der Waals surface area contributed by atoms with E-state index in [1.54, 1.807) is 16.7 Å². The van der Waals surface area contributed by atoms with Gasteiger partial charge in [0.2, 0.25) is 0 Å². The highest BCUT2D eigenvalue weighted by Gasteiger charge is 2.16. The normalized spacial score (nSPS) is 11.1. The van der Waals surface area contributed by atoms with E-state index >= 15 is 0 Å². The molecule has 24 heavy (non-hydrogen) atoms. The number of fused-ring (bicyclic) bond motifs is 1. The Morgan fingerprint density at radius 2 is 2.29 bits per heavy atom. The fraction of sp³-hybridized carbons (Fsp3) is 0.235. The average molecular weight is 359 g/mol. The van der Waals surface area contributed by atoms with Crippen LogP contribution < -0.4 is 5.56 Å². The number of carbonyl (C=O) groups excluding carboxylic acids is 1. The summed E-state index contributed by atoms with van der Waals surface area (Å²) in [6.45, 7) is 7.87. The first-order valence-corrected chi connectivity index (χ1v) is 9.29. The Labute approximate surface area is 147 Å². The van der Waals surface area contributed by atoms with Crippen molar-refractivity contribution in [1.29, 1.82) is 0 Å². The van der Waals surface area contributed by atoms with E-state index in [0.29, 0.717) is 27.5 Å². The molecule has 5 nitrogen and oxygen atoms in total. The maximum Gasteiger partial charge on any atom is 0.263 e. The van der Waals surface area contributed by atoms with E-state index in [0.717, 1.165) is 11.4 Å². The minimum absolute atomic E-state index is 0.0209. The van der Waals surface area contributed by atoms with E-state index < -0.39 is 0 Å². The smallest absolute Gasteiger partial charge is 0.263 e.